The fraction of sp³-hybridized carbons (Fsp3) is 0.182. The first-order valence-corrected chi connectivity index (χ1v) is 6.35. The van der Waals surface area contributed by atoms with E-state index in [9.17, 15) is 13.2 Å². The molecule has 0 saturated heterocycles. The van der Waals surface area contributed by atoms with Crippen LogP contribution < -0.4 is 4.72 Å². The molecular weight excluding hydrogens is 258 g/mol. The molecule has 0 aliphatic rings. The summed E-state index contributed by atoms with van der Waals surface area (Å²) >= 11 is 0. The van der Waals surface area contributed by atoms with E-state index in [-0.39, 0.29) is 11.5 Å². The van der Waals surface area contributed by atoms with E-state index in [0.717, 1.165) is 0 Å². The van der Waals surface area contributed by atoms with E-state index >= 15 is 0 Å². The fourth-order valence-corrected chi connectivity index (χ4v) is 2.07. The Morgan fingerprint density at radius 2 is 1.89 bits per heavy atom. The second-order valence-corrected chi connectivity index (χ2v) is 4.97. The van der Waals surface area contributed by atoms with Crippen molar-refractivity contribution in [2.75, 3.05) is 13.2 Å². The maximum absolute atomic E-state index is 11.6. The van der Waals surface area contributed by atoms with Gasteiger partial charge in [-0.25, -0.2) is 8.42 Å². The molecule has 0 unspecified atom stereocenters. The van der Waals surface area contributed by atoms with Crippen molar-refractivity contribution in [3.8, 4) is 11.8 Å². The largest absolute Gasteiger partial charge is 0.480 e. The van der Waals surface area contributed by atoms with E-state index in [1.165, 1.54) is 24.3 Å². The topological polar surface area (TPSA) is 104 Å². The highest BCUT2D eigenvalue weighted by atomic mass is 32.2. The smallest absolute Gasteiger partial charge is 0.318 e. The van der Waals surface area contributed by atoms with Gasteiger partial charge in [-0.2, -0.15) is 4.72 Å². The Bertz CT molecular complexity index is 580. The van der Waals surface area contributed by atoms with Crippen LogP contribution in [0.1, 0.15) is 5.56 Å². The number of carbonyl (C=O) groups is 1. The summed E-state index contributed by atoms with van der Waals surface area (Å²) in [7, 11) is -3.82. The summed E-state index contributed by atoms with van der Waals surface area (Å²) in [5, 5.41) is 16.9. The molecule has 6 nitrogen and oxygen atoms in total. The number of hydrogen-bond acceptors (Lipinski definition) is 4. The van der Waals surface area contributed by atoms with E-state index in [0.29, 0.717) is 5.56 Å². The molecule has 18 heavy (non-hydrogen) atoms. The third-order valence-corrected chi connectivity index (χ3v) is 3.31. The summed E-state index contributed by atoms with van der Waals surface area (Å²) in [4.78, 5) is 10.2. The molecule has 0 aliphatic carbocycles. The van der Waals surface area contributed by atoms with Crippen molar-refractivity contribution in [3.63, 3.8) is 0 Å². The van der Waals surface area contributed by atoms with Gasteiger partial charge in [0.15, 0.2) is 0 Å². The van der Waals surface area contributed by atoms with Crippen LogP contribution in [-0.4, -0.2) is 37.8 Å². The van der Waals surface area contributed by atoms with Gasteiger partial charge in [0, 0.05) is 5.56 Å². The van der Waals surface area contributed by atoms with Gasteiger partial charge in [-0.3, -0.25) is 4.79 Å². The zero-order valence-corrected chi connectivity index (χ0v) is 10.1. The van der Waals surface area contributed by atoms with Crippen molar-refractivity contribution in [1.29, 1.82) is 0 Å². The van der Waals surface area contributed by atoms with E-state index < -0.39 is 22.5 Å². The highest BCUT2D eigenvalue weighted by Crippen LogP contribution is 2.09. The summed E-state index contributed by atoms with van der Waals surface area (Å²) < 4.78 is 25.2. The Hall–Kier alpha value is -1.88. The van der Waals surface area contributed by atoms with Crippen LogP contribution in [-0.2, 0) is 14.8 Å². The molecule has 0 aliphatic heterocycles. The molecule has 0 atom stereocenters. The molecule has 1 aromatic rings. The number of benzene rings is 1. The zero-order chi connectivity index (χ0) is 13.6. The van der Waals surface area contributed by atoms with Crippen molar-refractivity contribution in [2.24, 2.45) is 0 Å². The Kier molecular flexibility index (Phi) is 4.85. The molecule has 7 heteroatoms. The van der Waals surface area contributed by atoms with Crippen LogP contribution >= 0.6 is 0 Å². The molecule has 1 rings (SSSR count). The first kappa shape index (κ1) is 14.2. The highest BCUT2D eigenvalue weighted by molar-refractivity contribution is 7.89. The van der Waals surface area contributed by atoms with Crippen LogP contribution in [0, 0.1) is 11.8 Å². The standard InChI is InChI=1S/C11H11NO5S/c13-7-1-2-9-3-5-10(6-4-9)18(16,17)12-8-11(14)15/h3-6,12-13H,7-8H2,(H,14,15). The molecule has 0 aromatic heterocycles. The lowest BCUT2D eigenvalue weighted by atomic mass is 10.2. The molecule has 0 amide bonds. The summed E-state index contributed by atoms with van der Waals surface area (Å²) in [5.41, 5.74) is 0.557. The van der Waals surface area contributed by atoms with Crippen LogP contribution in [0.3, 0.4) is 0 Å². The van der Waals surface area contributed by atoms with Crippen LogP contribution in [0.2, 0.25) is 0 Å². The zero-order valence-electron chi connectivity index (χ0n) is 9.25. The molecule has 0 saturated carbocycles. The molecule has 1 aromatic carbocycles. The Morgan fingerprint density at radius 1 is 1.28 bits per heavy atom. The predicted octanol–water partition coefficient (Wildman–Crippen LogP) is -0.607. The molecule has 3 N–H and O–H groups in total. The van der Waals surface area contributed by atoms with E-state index in [2.05, 4.69) is 11.8 Å². The minimum absolute atomic E-state index is 0.0432. The number of nitrogens with one attached hydrogen (secondary N) is 1. The summed E-state index contributed by atoms with van der Waals surface area (Å²) in [6.45, 7) is -0.950. The van der Waals surface area contributed by atoms with Crippen molar-refractivity contribution < 1.29 is 23.4 Å². The molecule has 0 bridgehead atoms. The summed E-state index contributed by atoms with van der Waals surface area (Å²) in [6, 6.07) is 5.56. The average Bonchev–Trinajstić information content (AvgIpc) is 2.34. The highest BCUT2D eigenvalue weighted by Gasteiger charge is 2.14. The maximum atomic E-state index is 11.6. The van der Waals surface area contributed by atoms with Gasteiger partial charge in [-0.1, -0.05) is 11.8 Å². The first-order chi connectivity index (χ1) is 8.45. The van der Waals surface area contributed by atoms with Gasteiger partial charge in [0.05, 0.1) is 4.90 Å². The third-order valence-electron chi connectivity index (χ3n) is 1.89. The minimum Gasteiger partial charge on any atom is -0.480 e. The number of hydrogen-bond donors (Lipinski definition) is 3. The van der Waals surface area contributed by atoms with Crippen LogP contribution in [0.15, 0.2) is 29.2 Å². The first-order valence-electron chi connectivity index (χ1n) is 4.87. The summed E-state index contributed by atoms with van der Waals surface area (Å²) in [6.07, 6.45) is 0. The molecule has 0 fully saturated rings. The monoisotopic (exact) mass is 269 g/mol. The van der Waals surface area contributed by atoms with Gasteiger partial charge in [0.1, 0.15) is 13.2 Å². The van der Waals surface area contributed by atoms with Gasteiger partial charge < -0.3 is 10.2 Å². The Labute approximate surface area is 104 Å². The van der Waals surface area contributed by atoms with Crippen molar-refractivity contribution in [2.45, 2.75) is 4.90 Å². The SMILES string of the molecule is O=C(O)CNS(=O)(=O)c1ccc(C#CCO)cc1. The number of aliphatic carboxylic acids is 1. The molecular formula is C11H11NO5S. The fourth-order valence-electron chi connectivity index (χ4n) is 1.10. The maximum Gasteiger partial charge on any atom is 0.318 e. The molecule has 0 spiro atoms. The van der Waals surface area contributed by atoms with E-state index in [1.807, 2.05) is 4.72 Å². The lowest BCUT2D eigenvalue weighted by molar-refractivity contribution is -0.135. The van der Waals surface area contributed by atoms with Gasteiger partial charge in [0.2, 0.25) is 10.0 Å². The third kappa shape index (κ3) is 4.18. The lowest BCUT2D eigenvalue weighted by Crippen LogP contribution is -2.29. The number of sulfonamides is 1. The molecule has 96 valence electrons. The molecule has 0 heterocycles. The molecule has 0 radical (unpaired) electrons. The predicted molar refractivity (Wildman–Crippen MR) is 63.2 cm³/mol. The van der Waals surface area contributed by atoms with Gasteiger partial charge in [-0.05, 0) is 24.3 Å². The van der Waals surface area contributed by atoms with Crippen molar-refractivity contribution in [3.05, 3.63) is 29.8 Å². The number of carboxylic acids is 1. The van der Waals surface area contributed by atoms with E-state index in [1.54, 1.807) is 0 Å². The average molecular weight is 269 g/mol. The Morgan fingerprint density at radius 3 is 2.39 bits per heavy atom. The summed E-state index contributed by atoms with van der Waals surface area (Å²) in [5.74, 6) is 3.78. The lowest BCUT2D eigenvalue weighted by Gasteiger charge is -2.04. The quantitative estimate of drug-likeness (QED) is 0.633. The van der Waals surface area contributed by atoms with E-state index in [4.69, 9.17) is 10.2 Å². The van der Waals surface area contributed by atoms with Crippen LogP contribution in [0.4, 0.5) is 0 Å². The minimum atomic E-state index is -3.82. The number of carboxylic acid groups (broad SMARTS) is 1. The van der Waals surface area contributed by atoms with Gasteiger partial charge >= 0.3 is 5.97 Å². The number of aliphatic hydroxyl groups excluding tert-OH is 1. The second-order valence-electron chi connectivity index (χ2n) is 3.20. The Balaban J connectivity index is 2.87. The normalized spacial score (nSPS) is 10.5. The second kappa shape index (κ2) is 6.16. The number of aliphatic hydroxyl groups is 1. The van der Waals surface area contributed by atoms with Crippen LogP contribution in [0.25, 0.3) is 0 Å². The van der Waals surface area contributed by atoms with Crippen molar-refractivity contribution >= 4 is 16.0 Å². The van der Waals surface area contributed by atoms with Crippen LogP contribution in [0.5, 0.6) is 0 Å². The van der Waals surface area contributed by atoms with Crippen molar-refractivity contribution in [1.82, 2.24) is 4.72 Å². The number of rotatable bonds is 4. The van der Waals surface area contributed by atoms with Gasteiger partial charge in [-0.15, -0.1) is 0 Å². The van der Waals surface area contributed by atoms with Gasteiger partial charge in [0.25, 0.3) is 0 Å².